The van der Waals surface area contributed by atoms with E-state index in [0.717, 1.165) is 82.3 Å². The quantitative estimate of drug-likeness (QED) is 0.159. The van der Waals surface area contributed by atoms with E-state index in [1.165, 1.54) is 66.6 Å². The minimum atomic E-state index is -2.42. The van der Waals surface area contributed by atoms with E-state index in [1.54, 1.807) is 0 Å². The second kappa shape index (κ2) is 17.4. The third kappa shape index (κ3) is 7.95. The number of benzene rings is 8. The number of hydrogen-bond acceptors (Lipinski definition) is 3. The maximum absolute atomic E-state index is 9.45. The van der Waals surface area contributed by atoms with Crippen LogP contribution in [-0.2, 0) is 37.9 Å². The van der Waals surface area contributed by atoms with Crippen LogP contribution in [0.4, 0.5) is 51.2 Å². The van der Waals surface area contributed by atoms with Crippen molar-refractivity contribution in [3.63, 3.8) is 0 Å². The van der Waals surface area contributed by atoms with Crippen LogP contribution in [0.15, 0.2) is 152 Å². The van der Waals surface area contributed by atoms with E-state index >= 15 is 0 Å². The van der Waals surface area contributed by atoms with Gasteiger partial charge in [0.15, 0.2) is 0 Å². The Bertz CT molecular complexity index is 3920. The molecule has 0 radical (unpaired) electrons. The van der Waals surface area contributed by atoms with Gasteiger partial charge in [0.25, 0.3) is 6.71 Å². The minimum Gasteiger partial charge on any atom is -0.311 e. The zero-order valence-electron chi connectivity index (χ0n) is 53.7. The van der Waals surface area contributed by atoms with Gasteiger partial charge < -0.3 is 14.7 Å². The summed E-state index contributed by atoms with van der Waals surface area (Å²) in [5.74, 6) is 0. The fraction of sp³-hybridized carbons (Fsp3) is 0.368. The number of aryl methyl sites for hydroxylation is 1. The van der Waals surface area contributed by atoms with Crippen LogP contribution >= 0.6 is 0 Å². The van der Waals surface area contributed by atoms with Crippen LogP contribution in [0.2, 0.25) is 0 Å². The van der Waals surface area contributed by atoms with E-state index in [2.05, 4.69) is 265 Å². The summed E-state index contributed by atoms with van der Waals surface area (Å²) in [6.07, 6.45) is 4.39. The van der Waals surface area contributed by atoms with Crippen LogP contribution in [0.1, 0.15) is 191 Å². The average Bonchev–Trinajstić information content (AvgIpc) is 1.50. The van der Waals surface area contributed by atoms with Crippen LogP contribution < -0.4 is 31.1 Å². The average molecular weight is 1050 g/mol. The first kappa shape index (κ1) is 49.1. The SMILES string of the molecule is [2H]C([2H])([2H])c1cc2c3c(c1)N(c1cccc4c1C(C)(C)c1ccccc1-4)c1cc(N(c4ccc(C(C)(C)C)cc4)c4ccc(C(C)(C)C)cc4)ccc1B3c1cc3c(cc1N2c1ccc2c(c1)C(C)(C)CCC2(C)C)C(C)(C)CCC3(C)C. The van der Waals surface area contributed by atoms with Crippen LogP contribution in [0.3, 0.4) is 0 Å². The van der Waals surface area contributed by atoms with Gasteiger partial charge in [0, 0.05) is 55.0 Å². The van der Waals surface area contributed by atoms with Gasteiger partial charge in [0.05, 0.1) is 5.69 Å². The first-order valence-electron chi connectivity index (χ1n) is 31.3. The second-order valence-corrected chi connectivity index (χ2v) is 29.8. The monoisotopic (exact) mass is 1050 g/mol. The Morgan fingerprint density at radius 3 is 1.52 bits per heavy atom. The highest BCUT2D eigenvalue weighted by Gasteiger charge is 2.49. The van der Waals surface area contributed by atoms with E-state index in [1.807, 2.05) is 12.1 Å². The molecule has 406 valence electrons. The second-order valence-electron chi connectivity index (χ2n) is 29.8. The Balaban J connectivity index is 1.16. The highest BCUT2D eigenvalue weighted by molar-refractivity contribution is 7.00. The van der Waals surface area contributed by atoms with Crippen molar-refractivity contribution >= 4 is 74.3 Å². The molecule has 0 atom stereocenters. The molecule has 2 aliphatic heterocycles. The van der Waals surface area contributed by atoms with Gasteiger partial charge in [0.2, 0.25) is 0 Å². The molecule has 8 aromatic rings. The largest absolute Gasteiger partial charge is 0.311 e. The summed E-state index contributed by atoms with van der Waals surface area (Å²) in [6.45, 7) is 35.1. The summed E-state index contributed by atoms with van der Waals surface area (Å²) >= 11 is 0. The molecule has 0 unspecified atom stereocenters. The van der Waals surface area contributed by atoms with Crippen LogP contribution in [0.5, 0.6) is 0 Å². The maximum Gasteiger partial charge on any atom is 0.252 e. The molecular weight excluding hydrogens is 966 g/mol. The van der Waals surface area contributed by atoms with Crippen molar-refractivity contribution in [3.8, 4) is 11.1 Å². The van der Waals surface area contributed by atoms with E-state index in [-0.39, 0.29) is 44.6 Å². The van der Waals surface area contributed by atoms with E-state index < -0.39 is 6.85 Å². The Morgan fingerprint density at radius 2 is 0.938 bits per heavy atom. The molecule has 80 heavy (non-hydrogen) atoms. The molecule has 0 saturated heterocycles. The van der Waals surface area contributed by atoms with Crippen molar-refractivity contribution in [2.45, 2.75) is 181 Å². The normalized spacial score (nSPS) is 19.0. The molecule has 13 rings (SSSR count). The summed E-state index contributed by atoms with van der Waals surface area (Å²) in [7, 11) is 0. The zero-order valence-corrected chi connectivity index (χ0v) is 50.7. The van der Waals surface area contributed by atoms with Gasteiger partial charge in [-0.15, -0.1) is 0 Å². The Morgan fingerprint density at radius 1 is 0.425 bits per heavy atom. The molecule has 0 fully saturated rings. The lowest BCUT2D eigenvalue weighted by Gasteiger charge is -2.48. The Hall–Kier alpha value is -6.78. The predicted octanol–water partition coefficient (Wildman–Crippen LogP) is 19.1. The lowest BCUT2D eigenvalue weighted by Crippen LogP contribution is -2.62. The maximum atomic E-state index is 9.45. The Labute approximate surface area is 484 Å². The van der Waals surface area contributed by atoms with Crippen molar-refractivity contribution in [2.24, 2.45) is 0 Å². The van der Waals surface area contributed by atoms with E-state index in [4.69, 9.17) is 0 Å². The van der Waals surface area contributed by atoms with Gasteiger partial charge >= 0.3 is 0 Å². The van der Waals surface area contributed by atoms with Gasteiger partial charge in [0.1, 0.15) is 0 Å². The molecule has 0 aromatic heterocycles. The molecule has 4 heteroatoms. The molecule has 3 aliphatic carbocycles. The highest BCUT2D eigenvalue weighted by atomic mass is 15.2. The molecule has 0 amide bonds. The van der Waals surface area contributed by atoms with Crippen molar-refractivity contribution in [2.75, 3.05) is 14.7 Å². The third-order valence-corrected chi connectivity index (χ3v) is 20.2. The number of nitrogens with zero attached hydrogens (tertiary/aromatic N) is 3. The molecule has 0 N–H and O–H groups in total. The molecule has 2 heterocycles. The van der Waals surface area contributed by atoms with Crippen molar-refractivity contribution in [1.82, 2.24) is 0 Å². The molecule has 0 spiro atoms. The van der Waals surface area contributed by atoms with Gasteiger partial charge in [-0.1, -0.05) is 190 Å². The van der Waals surface area contributed by atoms with Crippen molar-refractivity contribution in [1.29, 1.82) is 0 Å². The summed E-state index contributed by atoms with van der Waals surface area (Å²) in [4.78, 5) is 7.40. The van der Waals surface area contributed by atoms with Crippen LogP contribution in [-0.4, -0.2) is 6.71 Å². The standard InChI is InChI=1S/C76H84BN3/c1-47-41-66-69-67(42-47)80(63-24-20-22-55-54-21-18-19-23-56(54)76(16,17)68(55)63)64-44-53(78(50-29-25-48(26-30-50)70(2,3)4)51-31-27-49(28-32-51)71(5,6)7)34-36-61(64)77(69)62-45-59-60(75(14,15)40-39-74(59,12)13)46-65(62)79(66)52-33-35-57-58(43-52)73(10,11)38-37-72(57,8)9/h18-36,41-46H,37-40H2,1-17H3/i1D3. The van der Waals surface area contributed by atoms with Gasteiger partial charge in [-0.25, -0.2) is 0 Å². The number of rotatable bonds is 5. The molecule has 0 bridgehead atoms. The third-order valence-electron chi connectivity index (χ3n) is 20.2. The predicted molar refractivity (Wildman–Crippen MR) is 345 cm³/mol. The number of anilines is 9. The fourth-order valence-electron chi connectivity index (χ4n) is 15.1. The fourth-order valence-corrected chi connectivity index (χ4v) is 15.1. The smallest absolute Gasteiger partial charge is 0.252 e. The lowest BCUT2D eigenvalue weighted by atomic mass is 9.33. The number of hydrogen-bond donors (Lipinski definition) is 0. The van der Waals surface area contributed by atoms with Crippen LogP contribution in [0.25, 0.3) is 11.1 Å². The van der Waals surface area contributed by atoms with Crippen LogP contribution in [0, 0.1) is 6.85 Å². The molecular formula is C76H84BN3. The van der Waals surface area contributed by atoms with E-state index in [9.17, 15) is 4.11 Å². The molecule has 0 saturated carbocycles. The molecule has 5 aliphatic rings. The lowest BCUT2D eigenvalue weighted by molar-refractivity contribution is 0.332. The number of fused-ring (bicyclic) bond motifs is 9. The summed E-state index contributed by atoms with van der Waals surface area (Å²) in [5.41, 5.74) is 25.8. The first-order chi connectivity index (χ1) is 38.8. The van der Waals surface area contributed by atoms with Gasteiger partial charge in [-0.05, 0) is 215 Å². The minimum absolute atomic E-state index is 0.0171. The molecule has 8 aromatic carbocycles. The molecule has 3 nitrogen and oxygen atoms in total. The van der Waals surface area contributed by atoms with Gasteiger partial charge in [-0.3, -0.25) is 0 Å². The topological polar surface area (TPSA) is 9.72 Å². The summed E-state index contributed by atoms with van der Waals surface area (Å²) in [5, 5.41) is 0. The van der Waals surface area contributed by atoms with Crippen molar-refractivity contribution < 1.29 is 4.11 Å². The zero-order chi connectivity index (χ0) is 59.1. The highest BCUT2D eigenvalue weighted by Crippen LogP contribution is 2.57. The summed E-state index contributed by atoms with van der Waals surface area (Å²) in [6, 6.07) is 57.6. The van der Waals surface area contributed by atoms with Crippen molar-refractivity contribution in [3.05, 3.63) is 202 Å². The van der Waals surface area contributed by atoms with Gasteiger partial charge in [-0.2, -0.15) is 0 Å². The Kier molecular flexibility index (Phi) is 10.7. The first-order valence-corrected chi connectivity index (χ1v) is 29.8. The summed E-state index contributed by atoms with van der Waals surface area (Å²) < 4.78 is 28.4. The van der Waals surface area contributed by atoms with E-state index in [0.29, 0.717) is 5.56 Å².